The summed E-state index contributed by atoms with van der Waals surface area (Å²) in [6.07, 6.45) is 2.77. The summed E-state index contributed by atoms with van der Waals surface area (Å²) in [6.45, 7) is 6.18. The molecular weight excluding hydrogens is 136 g/mol. The Kier molecular flexibility index (Phi) is 1.69. The molecule has 0 aromatic rings. The van der Waals surface area contributed by atoms with E-state index in [1.165, 1.54) is 32.5 Å². The molecule has 0 radical (unpaired) electrons. The Morgan fingerprint density at radius 2 is 2.36 bits per heavy atom. The van der Waals surface area contributed by atoms with E-state index in [-0.39, 0.29) is 0 Å². The number of fused-ring (bicyclic) bond motifs is 1. The molecule has 64 valence electrons. The van der Waals surface area contributed by atoms with Crippen LogP contribution >= 0.6 is 0 Å². The quantitative estimate of drug-likeness (QED) is 0.552. The molecule has 2 fully saturated rings. The molecule has 0 aromatic heterocycles. The summed E-state index contributed by atoms with van der Waals surface area (Å²) >= 11 is 0. The van der Waals surface area contributed by atoms with Crippen LogP contribution in [0.25, 0.3) is 0 Å². The van der Waals surface area contributed by atoms with Crippen LogP contribution in [0.1, 0.15) is 19.8 Å². The Balaban J connectivity index is 2.11. The van der Waals surface area contributed by atoms with E-state index >= 15 is 0 Å². The van der Waals surface area contributed by atoms with E-state index in [0.717, 1.165) is 6.04 Å². The zero-order valence-corrected chi connectivity index (χ0v) is 7.56. The van der Waals surface area contributed by atoms with Crippen molar-refractivity contribution in [3.05, 3.63) is 0 Å². The standard InChI is InChI=1S/C9H18N2/c1-9-4-3-5-10-8(9)6-11(2)7-9/h8,10H,3-7H2,1-2H3. The fraction of sp³-hybridized carbons (Fsp3) is 1.00. The summed E-state index contributed by atoms with van der Waals surface area (Å²) in [5.41, 5.74) is 0.576. The van der Waals surface area contributed by atoms with Gasteiger partial charge in [-0.2, -0.15) is 0 Å². The number of rotatable bonds is 0. The van der Waals surface area contributed by atoms with Crippen LogP contribution in [0.4, 0.5) is 0 Å². The first kappa shape index (κ1) is 7.56. The van der Waals surface area contributed by atoms with Gasteiger partial charge in [-0.1, -0.05) is 6.92 Å². The van der Waals surface area contributed by atoms with E-state index in [1.807, 2.05) is 0 Å². The number of hydrogen-bond donors (Lipinski definition) is 1. The lowest BCUT2D eigenvalue weighted by molar-refractivity contribution is 0.205. The summed E-state index contributed by atoms with van der Waals surface area (Å²) in [7, 11) is 2.23. The number of hydrogen-bond acceptors (Lipinski definition) is 2. The molecule has 0 spiro atoms. The third kappa shape index (κ3) is 1.18. The van der Waals surface area contributed by atoms with Gasteiger partial charge >= 0.3 is 0 Å². The Labute approximate surface area is 69.0 Å². The highest BCUT2D eigenvalue weighted by Gasteiger charge is 2.42. The monoisotopic (exact) mass is 154 g/mol. The van der Waals surface area contributed by atoms with Crippen molar-refractivity contribution in [3.8, 4) is 0 Å². The number of likely N-dealkylation sites (N-methyl/N-ethyl adjacent to an activating group) is 1. The zero-order valence-electron chi connectivity index (χ0n) is 7.56. The van der Waals surface area contributed by atoms with Gasteiger partial charge < -0.3 is 10.2 Å². The van der Waals surface area contributed by atoms with Crippen LogP contribution in [-0.2, 0) is 0 Å². The van der Waals surface area contributed by atoms with Gasteiger partial charge in [0.2, 0.25) is 0 Å². The third-order valence-electron chi connectivity index (χ3n) is 3.28. The molecule has 0 amide bonds. The van der Waals surface area contributed by atoms with Crippen molar-refractivity contribution in [2.75, 3.05) is 26.7 Å². The van der Waals surface area contributed by atoms with Crippen LogP contribution in [0, 0.1) is 5.41 Å². The maximum atomic E-state index is 3.61. The number of nitrogens with one attached hydrogen (secondary N) is 1. The average Bonchev–Trinajstić information content (AvgIpc) is 2.22. The molecule has 0 aliphatic carbocycles. The Morgan fingerprint density at radius 3 is 3.09 bits per heavy atom. The molecule has 2 unspecified atom stereocenters. The first-order valence-corrected chi connectivity index (χ1v) is 4.63. The van der Waals surface area contributed by atoms with E-state index in [0.29, 0.717) is 5.41 Å². The first-order valence-electron chi connectivity index (χ1n) is 4.63. The highest BCUT2D eigenvalue weighted by molar-refractivity contribution is 4.99. The van der Waals surface area contributed by atoms with E-state index in [9.17, 15) is 0 Å². The van der Waals surface area contributed by atoms with Crippen molar-refractivity contribution in [3.63, 3.8) is 0 Å². The molecule has 2 nitrogen and oxygen atoms in total. The van der Waals surface area contributed by atoms with Gasteiger partial charge in [0.05, 0.1) is 0 Å². The molecule has 2 aliphatic heterocycles. The van der Waals surface area contributed by atoms with Gasteiger partial charge in [-0.15, -0.1) is 0 Å². The van der Waals surface area contributed by atoms with Crippen LogP contribution in [0.15, 0.2) is 0 Å². The lowest BCUT2D eigenvalue weighted by atomic mass is 9.78. The minimum atomic E-state index is 0.576. The predicted molar refractivity (Wildman–Crippen MR) is 46.6 cm³/mol. The summed E-state index contributed by atoms with van der Waals surface area (Å²) in [6, 6.07) is 0.765. The van der Waals surface area contributed by atoms with Crippen molar-refractivity contribution in [1.29, 1.82) is 0 Å². The zero-order chi connectivity index (χ0) is 7.90. The van der Waals surface area contributed by atoms with Gasteiger partial charge in [-0.3, -0.25) is 0 Å². The average molecular weight is 154 g/mol. The van der Waals surface area contributed by atoms with E-state index in [2.05, 4.69) is 24.2 Å². The highest BCUT2D eigenvalue weighted by Crippen LogP contribution is 2.36. The molecule has 0 bridgehead atoms. The molecule has 2 heteroatoms. The largest absolute Gasteiger partial charge is 0.312 e. The van der Waals surface area contributed by atoms with Gasteiger partial charge in [0.15, 0.2) is 0 Å². The SMILES string of the molecule is CN1CC2NCCCC2(C)C1. The second-order valence-corrected chi connectivity index (χ2v) is 4.46. The van der Waals surface area contributed by atoms with Gasteiger partial charge in [-0.25, -0.2) is 0 Å². The van der Waals surface area contributed by atoms with Gasteiger partial charge in [0.1, 0.15) is 0 Å². The molecule has 2 atom stereocenters. The molecule has 2 aliphatic rings. The second-order valence-electron chi connectivity index (χ2n) is 4.46. The minimum Gasteiger partial charge on any atom is -0.312 e. The van der Waals surface area contributed by atoms with E-state index in [1.54, 1.807) is 0 Å². The topological polar surface area (TPSA) is 15.3 Å². The predicted octanol–water partition coefficient (Wildman–Crippen LogP) is 0.690. The molecule has 0 aromatic carbocycles. The van der Waals surface area contributed by atoms with E-state index in [4.69, 9.17) is 0 Å². The summed E-state index contributed by atoms with van der Waals surface area (Å²) in [5, 5.41) is 3.61. The molecule has 2 saturated heterocycles. The highest BCUT2D eigenvalue weighted by atomic mass is 15.2. The molecule has 2 rings (SSSR count). The molecule has 11 heavy (non-hydrogen) atoms. The summed E-state index contributed by atoms with van der Waals surface area (Å²) in [5.74, 6) is 0. The van der Waals surface area contributed by atoms with Crippen LogP contribution in [0.3, 0.4) is 0 Å². The number of nitrogens with zero attached hydrogens (tertiary/aromatic N) is 1. The van der Waals surface area contributed by atoms with Crippen LogP contribution in [0.5, 0.6) is 0 Å². The molecule has 2 heterocycles. The normalized spacial score (nSPS) is 45.8. The Morgan fingerprint density at radius 1 is 1.55 bits per heavy atom. The summed E-state index contributed by atoms with van der Waals surface area (Å²) < 4.78 is 0. The van der Waals surface area contributed by atoms with Gasteiger partial charge in [0.25, 0.3) is 0 Å². The Bertz CT molecular complexity index is 158. The van der Waals surface area contributed by atoms with Crippen molar-refractivity contribution >= 4 is 0 Å². The van der Waals surface area contributed by atoms with Crippen molar-refractivity contribution in [1.82, 2.24) is 10.2 Å². The lowest BCUT2D eigenvalue weighted by Crippen LogP contribution is -2.47. The molecular formula is C9H18N2. The molecule has 0 saturated carbocycles. The van der Waals surface area contributed by atoms with Gasteiger partial charge in [0, 0.05) is 19.1 Å². The van der Waals surface area contributed by atoms with E-state index < -0.39 is 0 Å². The van der Waals surface area contributed by atoms with Crippen molar-refractivity contribution < 1.29 is 0 Å². The smallest absolute Gasteiger partial charge is 0.0260 e. The number of piperidine rings is 1. The fourth-order valence-corrected chi connectivity index (χ4v) is 2.66. The maximum Gasteiger partial charge on any atom is 0.0260 e. The summed E-state index contributed by atoms with van der Waals surface area (Å²) in [4.78, 5) is 2.45. The van der Waals surface area contributed by atoms with Crippen molar-refractivity contribution in [2.45, 2.75) is 25.8 Å². The molecule has 1 N–H and O–H groups in total. The van der Waals surface area contributed by atoms with Crippen molar-refractivity contribution in [2.24, 2.45) is 5.41 Å². The minimum absolute atomic E-state index is 0.576. The second kappa shape index (κ2) is 2.46. The first-order chi connectivity index (χ1) is 5.21. The number of likely N-dealkylation sites (tertiary alicyclic amines) is 1. The fourth-order valence-electron chi connectivity index (χ4n) is 2.66. The Hall–Kier alpha value is -0.0800. The van der Waals surface area contributed by atoms with Crippen LogP contribution in [-0.4, -0.2) is 37.6 Å². The lowest BCUT2D eigenvalue weighted by Gasteiger charge is -2.35. The van der Waals surface area contributed by atoms with Crippen LogP contribution < -0.4 is 5.32 Å². The van der Waals surface area contributed by atoms with Crippen LogP contribution in [0.2, 0.25) is 0 Å². The van der Waals surface area contributed by atoms with Gasteiger partial charge in [-0.05, 0) is 31.8 Å². The third-order valence-corrected chi connectivity index (χ3v) is 3.28. The maximum absolute atomic E-state index is 3.61.